The van der Waals surface area contributed by atoms with Gasteiger partial charge in [0.1, 0.15) is 13.2 Å². The molecule has 0 spiro atoms. The second-order valence-corrected chi connectivity index (χ2v) is 29.1. The minimum Gasteiger partial charge on any atom is -0.545 e. The summed E-state index contributed by atoms with van der Waals surface area (Å²) >= 11 is 0. The molecule has 90 heavy (non-hydrogen) atoms. The molecule has 0 N–H and O–H groups in total. The van der Waals surface area contributed by atoms with Gasteiger partial charge in [0, 0.05) is 12.8 Å². The molecule has 0 aromatic rings. The van der Waals surface area contributed by atoms with Crippen LogP contribution in [0, 0.1) is 0 Å². The van der Waals surface area contributed by atoms with Gasteiger partial charge in [-0.15, -0.1) is 0 Å². The smallest absolute Gasteiger partial charge is 0.306 e. The molecular formula is C81H157NO8. The van der Waals surface area contributed by atoms with Crippen molar-refractivity contribution in [1.82, 2.24) is 0 Å². The van der Waals surface area contributed by atoms with E-state index < -0.39 is 24.3 Å². The van der Waals surface area contributed by atoms with E-state index in [1.165, 1.54) is 366 Å². The van der Waals surface area contributed by atoms with Crippen molar-refractivity contribution in [1.29, 1.82) is 0 Å². The van der Waals surface area contributed by atoms with E-state index in [0.717, 1.165) is 38.5 Å². The summed E-state index contributed by atoms with van der Waals surface area (Å²) in [5, 5.41) is 11.9. The number of likely N-dealkylation sites (N-methyl/N-ethyl adjacent to an activating group) is 1. The molecule has 0 radical (unpaired) electrons. The van der Waals surface area contributed by atoms with Gasteiger partial charge in [0.05, 0.1) is 40.3 Å². The highest BCUT2D eigenvalue weighted by atomic mass is 16.7. The van der Waals surface area contributed by atoms with Crippen molar-refractivity contribution >= 4 is 17.9 Å². The van der Waals surface area contributed by atoms with Crippen LogP contribution in [0.5, 0.6) is 0 Å². The van der Waals surface area contributed by atoms with Gasteiger partial charge in [0.2, 0.25) is 0 Å². The number of nitrogens with zero attached hydrogens (tertiary/aromatic N) is 1. The molecule has 534 valence electrons. The minimum absolute atomic E-state index is 0.153. The third-order valence-corrected chi connectivity index (χ3v) is 18.8. The van der Waals surface area contributed by atoms with Gasteiger partial charge in [0.25, 0.3) is 0 Å². The van der Waals surface area contributed by atoms with Crippen molar-refractivity contribution < 1.29 is 42.9 Å². The van der Waals surface area contributed by atoms with Gasteiger partial charge in [-0.2, -0.15) is 0 Å². The van der Waals surface area contributed by atoms with E-state index in [0.29, 0.717) is 17.4 Å². The largest absolute Gasteiger partial charge is 0.545 e. The third kappa shape index (κ3) is 73.4. The Kier molecular flexibility index (Phi) is 71.3. The SMILES string of the molecule is CCCCCCCCCC/C=C\CCCCCCCCCCCCCCCCCCCCCCCCCCCC(=O)OC(COC(=O)CCCCCCCCCCCCCCCCCCCCCCCCCCCCCC)COC(OCC[N+](C)(C)C)C(=O)[O-]. The lowest BCUT2D eigenvalue weighted by atomic mass is 10.0. The van der Waals surface area contributed by atoms with Crippen LogP contribution >= 0.6 is 0 Å². The number of rotatable bonds is 77. The molecule has 0 aliphatic rings. The maximum Gasteiger partial charge on any atom is 0.306 e. The van der Waals surface area contributed by atoms with Crippen LogP contribution in [0.3, 0.4) is 0 Å². The Hall–Kier alpha value is -1.97. The summed E-state index contributed by atoms with van der Waals surface area (Å²) in [7, 11) is 5.96. The van der Waals surface area contributed by atoms with Crippen LogP contribution in [0.25, 0.3) is 0 Å². The van der Waals surface area contributed by atoms with E-state index in [1.54, 1.807) is 0 Å². The molecule has 0 heterocycles. The minimum atomic E-state index is -1.62. The van der Waals surface area contributed by atoms with Crippen molar-refractivity contribution in [3.63, 3.8) is 0 Å². The number of hydrogen-bond acceptors (Lipinski definition) is 8. The van der Waals surface area contributed by atoms with Gasteiger partial charge in [0.15, 0.2) is 12.4 Å². The zero-order valence-electron chi connectivity index (χ0n) is 61.3. The summed E-state index contributed by atoms with van der Waals surface area (Å²) in [5.74, 6) is -2.24. The molecular weight excluding hydrogens is 1110 g/mol. The normalized spacial score (nSPS) is 12.6. The fourth-order valence-corrected chi connectivity index (χ4v) is 12.6. The van der Waals surface area contributed by atoms with Crippen molar-refractivity contribution in [2.45, 2.75) is 444 Å². The highest BCUT2D eigenvalue weighted by Gasteiger charge is 2.22. The molecule has 0 aromatic carbocycles. The van der Waals surface area contributed by atoms with E-state index in [2.05, 4.69) is 26.0 Å². The lowest BCUT2D eigenvalue weighted by Gasteiger charge is -2.26. The first-order chi connectivity index (χ1) is 44.1. The standard InChI is InChI=1S/C81H157NO8/c1-6-8-10-12-14-16-18-20-22-24-26-28-30-32-34-36-37-38-39-40-41-42-43-44-46-48-50-52-54-56-58-60-62-64-66-68-70-72-79(84)90-77(76-89-81(80(85)86)87-74-73-82(3,4)5)75-88-78(83)71-69-67-65-63-61-59-57-55-53-51-49-47-45-35-33-31-29-27-25-23-21-19-17-15-13-11-9-7-2/h24,26,77,81H,6-23,25,27-76H2,1-5H3/b26-24-. The summed E-state index contributed by atoms with van der Waals surface area (Å²) in [6, 6.07) is 0. The summed E-state index contributed by atoms with van der Waals surface area (Å²) < 4.78 is 22.9. The number of carboxylic acids is 1. The van der Waals surface area contributed by atoms with Crippen molar-refractivity contribution in [2.75, 3.05) is 47.5 Å². The number of quaternary nitrogens is 1. The average molecular weight is 1270 g/mol. The van der Waals surface area contributed by atoms with Crippen LogP contribution in [-0.2, 0) is 33.3 Å². The van der Waals surface area contributed by atoms with Gasteiger partial charge in [-0.25, -0.2) is 0 Å². The van der Waals surface area contributed by atoms with E-state index in [1.807, 2.05) is 21.1 Å². The number of carbonyl (C=O) groups excluding carboxylic acids is 3. The number of unbranched alkanes of at least 4 members (excludes halogenated alkanes) is 60. The van der Waals surface area contributed by atoms with E-state index in [-0.39, 0.29) is 32.2 Å². The predicted molar refractivity (Wildman–Crippen MR) is 385 cm³/mol. The molecule has 0 amide bonds. The van der Waals surface area contributed by atoms with Gasteiger partial charge in [-0.1, -0.05) is 392 Å². The summed E-state index contributed by atoms with van der Waals surface area (Å²) in [6.45, 7) is 4.85. The molecule has 2 atom stereocenters. The van der Waals surface area contributed by atoms with Crippen LogP contribution in [0.1, 0.15) is 431 Å². The molecule has 0 aliphatic carbocycles. The van der Waals surface area contributed by atoms with Gasteiger partial charge < -0.3 is 33.3 Å². The second-order valence-electron chi connectivity index (χ2n) is 29.1. The molecule has 0 bridgehead atoms. The summed E-state index contributed by atoms with van der Waals surface area (Å²) in [4.78, 5) is 37.6. The van der Waals surface area contributed by atoms with E-state index >= 15 is 0 Å². The number of esters is 2. The van der Waals surface area contributed by atoms with E-state index in [9.17, 15) is 19.5 Å². The maximum absolute atomic E-state index is 13.0. The van der Waals surface area contributed by atoms with Crippen LogP contribution in [0.2, 0.25) is 0 Å². The Labute approximate surface area is 561 Å². The third-order valence-electron chi connectivity index (χ3n) is 18.8. The van der Waals surface area contributed by atoms with Crippen molar-refractivity contribution in [3.05, 3.63) is 12.2 Å². The van der Waals surface area contributed by atoms with Gasteiger partial charge >= 0.3 is 11.9 Å². The molecule has 0 saturated heterocycles. The monoisotopic (exact) mass is 1270 g/mol. The highest BCUT2D eigenvalue weighted by Crippen LogP contribution is 2.20. The predicted octanol–water partition coefficient (Wildman–Crippen LogP) is 24.2. The Morgan fingerprint density at radius 1 is 0.322 bits per heavy atom. The molecule has 0 saturated carbocycles. The number of ether oxygens (including phenoxy) is 4. The molecule has 0 aromatic heterocycles. The van der Waals surface area contributed by atoms with Crippen LogP contribution < -0.4 is 5.11 Å². The first kappa shape index (κ1) is 88.0. The van der Waals surface area contributed by atoms with Crippen molar-refractivity contribution in [3.8, 4) is 0 Å². The number of aliphatic carboxylic acids is 1. The summed E-state index contributed by atoms with van der Waals surface area (Å²) in [5.41, 5.74) is 0. The Balaban J connectivity index is 3.94. The topological polar surface area (TPSA) is 111 Å². The first-order valence-corrected chi connectivity index (χ1v) is 40.3. The van der Waals surface area contributed by atoms with Crippen LogP contribution in [0.4, 0.5) is 0 Å². The zero-order chi connectivity index (χ0) is 65.4. The average Bonchev–Trinajstić information content (AvgIpc) is 3.74. The molecule has 2 unspecified atom stereocenters. The van der Waals surface area contributed by atoms with Crippen molar-refractivity contribution in [2.24, 2.45) is 0 Å². The number of hydrogen-bond donors (Lipinski definition) is 0. The lowest BCUT2D eigenvalue weighted by molar-refractivity contribution is -0.870. The highest BCUT2D eigenvalue weighted by molar-refractivity contribution is 5.70. The number of allylic oxidation sites excluding steroid dienone is 2. The quantitative estimate of drug-likeness (QED) is 0.0195. The van der Waals surface area contributed by atoms with Gasteiger partial charge in [-0.3, -0.25) is 9.59 Å². The second kappa shape index (κ2) is 72.9. The van der Waals surface area contributed by atoms with Crippen LogP contribution in [0.15, 0.2) is 12.2 Å². The summed E-state index contributed by atoms with van der Waals surface area (Å²) in [6.07, 6.45) is 87.8. The Morgan fingerprint density at radius 2 is 0.567 bits per heavy atom. The molecule has 0 fully saturated rings. The fourth-order valence-electron chi connectivity index (χ4n) is 12.6. The molecule has 0 aliphatic heterocycles. The Bertz CT molecular complexity index is 1480. The maximum atomic E-state index is 13.0. The molecule has 9 heteroatoms. The first-order valence-electron chi connectivity index (χ1n) is 40.3. The van der Waals surface area contributed by atoms with Gasteiger partial charge in [-0.05, 0) is 38.5 Å². The lowest BCUT2D eigenvalue weighted by Crippen LogP contribution is -2.44. The zero-order valence-corrected chi connectivity index (χ0v) is 61.3. The van der Waals surface area contributed by atoms with E-state index in [4.69, 9.17) is 18.9 Å². The number of carbonyl (C=O) groups is 3. The number of carboxylic acid groups (broad SMARTS) is 1. The Morgan fingerprint density at radius 3 is 0.822 bits per heavy atom. The van der Waals surface area contributed by atoms with Crippen LogP contribution in [-0.4, -0.2) is 82.3 Å². The molecule has 0 rings (SSSR count). The molecule has 9 nitrogen and oxygen atoms in total. The fraction of sp³-hybridized carbons (Fsp3) is 0.938.